The number of hydrogen-bond acceptors (Lipinski definition) is 2. The van der Waals surface area contributed by atoms with Crippen molar-refractivity contribution in [3.8, 4) is 0 Å². The van der Waals surface area contributed by atoms with E-state index in [0.717, 1.165) is 48.3 Å². The standard InChI is InChI=1S/C29H46O2/c1-7-21(17(2)3)27-26(31-27)18(4)23-10-11-24-22-9-8-19-16-20(30)12-14-28(19,5)25(22)13-15-29(23,24)6/h16-18,21-27H,7-15H2,1-6H3/t18-,21-,22-,23+,24-,25-,26+,27-,28-,29+/m0/s1. The highest BCUT2D eigenvalue weighted by molar-refractivity contribution is 5.91. The van der Waals surface area contributed by atoms with Gasteiger partial charge in [0.2, 0.25) is 0 Å². The fourth-order valence-corrected chi connectivity index (χ4v) is 9.68. The van der Waals surface area contributed by atoms with Crippen LogP contribution in [-0.4, -0.2) is 18.0 Å². The SMILES string of the molecule is CC[C@@H](C(C)C)[C@@H]1O[C@@H]1[C@@H](C)[C@H]1CC[C@H]2[C@@H]3CCC4=CC(=O)CC[C@]4(C)[C@H]3CC[C@]12C. The molecule has 31 heavy (non-hydrogen) atoms. The van der Waals surface area contributed by atoms with Crippen molar-refractivity contribution in [1.82, 2.24) is 0 Å². The number of ether oxygens (including phenoxy) is 1. The highest BCUT2D eigenvalue weighted by Gasteiger charge is 2.62. The van der Waals surface area contributed by atoms with Gasteiger partial charge in [-0.1, -0.05) is 53.5 Å². The van der Waals surface area contributed by atoms with Crippen LogP contribution in [0.1, 0.15) is 99.3 Å². The molecule has 0 aromatic carbocycles. The summed E-state index contributed by atoms with van der Waals surface area (Å²) in [6, 6.07) is 0. The number of epoxide rings is 1. The second kappa shape index (κ2) is 7.71. The zero-order valence-corrected chi connectivity index (χ0v) is 21.0. The van der Waals surface area contributed by atoms with E-state index < -0.39 is 0 Å². The quantitative estimate of drug-likeness (QED) is 0.434. The van der Waals surface area contributed by atoms with Gasteiger partial charge >= 0.3 is 0 Å². The molecule has 0 unspecified atom stereocenters. The van der Waals surface area contributed by atoms with Crippen molar-refractivity contribution in [2.75, 3.05) is 0 Å². The molecule has 1 heterocycles. The number of rotatable bonds is 5. The minimum atomic E-state index is 0.304. The van der Waals surface area contributed by atoms with Crippen LogP contribution in [0, 0.1) is 52.3 Å². The third kappa shape index (κ3) is 3.32. The van der Waals surface area contributed by atoms with Gasteiger partial charge in [0.15, 0.2) is 5.78 Å². The Morgan fingerprint density at radius 1 is 1.00 bits per heavy atom. The maximum absolute atomic E-state index is 12.1. The minimum absolute atomic E-state index is 0.304. The molecule has 0 spiro atoms. The highest BCUT2D eigenvalue weighted by atomic mass is 16.6. The van der Waals surface area contributed by atoms with Gasteiger partial charge < -0.3 is 4.74 Å². The number of fused-ring (bicyclic) bond motifs is 5. The molecule has 0 bridgehead atoms. The van der Waals surface area contributed by atoms with Crippen LogP contribution < -0.4 is 0 Å². The predicted molar refractivity (Wildman–Crippen MR) is 127 cm³/mol. The van der Waals surface area contributed by atoms with Crippen molar-refractivity contribution in [2.45, 2.75) is 112 Å². The van der Waals surface area contributed by atoms with E-state index in [-0.39, 0.29) is 0 Å². The maximum Gasteiger partial charge on any atom is 0.155 e. The molecular formula is C29H46O2. The largest absolute Gasteiger partial charge is 0.369 e. The van der Waals surface area contributed by atoms with Crippen molar-refractivity contribution in [2.24, 2.45) is 52.3 Å². The van der Waals surface area contributed by atoms with Crippen LogP contribution in [0.5, 0.6) is 0 Å². The van der Waals surface area contributed by atoms with Crippen LogP contribution in [0.2, 0.25) is 0 Å². The van der Waals surface area contributed by atoms with Gasteiger partial charge in [0, 0.05) is 6.42 Å². The van der Waals surface area contributed by atoms with E-state index in [1.54, 1.807) is 0 Å². The molecular weight excluding hydrogens is 380 g/mol. The van der Waals surface area contributed by atoms with E-state index in [1.165, 1.54) is 50.5 Å². The lowest BCUT2D eigenvalue weighted by Gasteiger charge is -2.58. The molecule has 2 heteroatoms. The fraction of sp³-hybridized carbons (Fsp3) is 0.897. The summed E-state index contributed by atoms with van der Waals surface area (Å²) in [7, 11) is 0. The smallest absolute Gasteiger partial charge is 0.155 e. The third-order valence-corrected chi connectivity index (χ3v) is 11.5. The second-order valence-electron chi connectivity index (χ2n) is 12.9. The van der Waals surface area contributed by atoms with E-state index >= 15 is 0 Å². The van der Waals surface area contributed by atoms with Crippen LogP contribution >= 0.6 is 0 Å². The van der Waals surface area contributed by atoms with Crippen LogP contribution in [0.25, 0.3) is 0 Å². The van der Waals surface area contributed by atoms with Crippen LogP contribution in [-0.2, 0) is 9.53 Å². The molecule has 4 fully saturated rings. The first-order chi connectivity index (χ1) is 14.7. The van der Waals surface area contributed by atoms with E-state index in [2.05, 4.69) is 47.6 Å². The molecule has 0 aromatic rings. The van der Waals surface area contributed by atoms with Gasteiger partial charge in [0.1, 0.15) is 0 Å². The molecule has 0 amide bonds. The van der Waals surface area contributed by atoms with E-state index in [9.17, 15) is 4.79 Å². The molecule has 0 aromatic heterocycles. The first-order valence-corrected chi connectivity index (χ1v) is 13.6. The van der Waals surface area contributed by atoms with Crippen molar-refractivity contribution in [3.05, 3.63) is 11.6 Å². The van der Waals surface area contributed by atoms with Gasteiger partial charge in [-0.05, 0) is 103 Å². The molecule has 1 saturated heterocycles. The molecule has 4 aliphatic carbocycles. The Morgan fingerprint density at radius 3 is 2.48 bits per heavy atom. The molecule has 5 aliphatic rings. The lowest BCUT2D eigenvalue weighted by atomic mass is 9.46. The topological polar surface area (TPSA) is 29.6 Å². The second-order valence-corrected chi connectivity index (χ2v) is 12.9. The average Bonchev–Trinajstić information content (AvgIpc) is 3.42. The summed E-state index contributed by atoms with van der Waals surface area (Å²) in [5.74, 6) is 5.94. The Balaban J connectivity index is 1.33. The first-order valence-electron chi connectivity index (χ1n) is 13.6. The Labute approximate surface area is 191 Å². The monoisotopic (exact) mass is 426 g/mol. The lowest BCUT2D eigenvalue weighted by Crippen LogP contribution is -2.51. The summed E-state index contributed by atoms with van der Waals surface area (Å²) >= 11 is 0. The molecule has 3 saturated carbocycles. The van der Waals surface area contributed by atoms with Gasteiger partial charge in [-0.25, -0.2) is 0 Å². The molecule has 2 nitrogen and oxygen atoms in total. The van der Waals surface area contributed by atoms with Gasteiger partial charge in [0.05, 0.1) is 12.2 Å². The number of carbonyl (C=O) groups excluding carboxylic acids is 1. The molecule has 174 valence electrons. The highest BCUT2D eigenvalue weighted by Crippen LogP contribution is 2.68. The van der Waals surface area contributed by atoms with Crippen molar-refractivity contribution < 1.29 is 9.53 Å². The molecule has 10 atom stereocenters. The summed E-state index contributed by atoms with van der Waals surface area (Å²) in [6.07, 6.45) is 14.3. The number of hydrogen-bond donors (Lipinski definition) is 0. The zero-order chi connectivity index (χ0) is 22.1. The Kier molecular flexibility index (Phi) is 5.52. The summed E-state index contributed by atoms with van der Waals surface area (Å²) in [5, 5.41) is 0. The lowest BCUT2D eigenvalue weighted by molar-refractivity contribution is -0.117. The van der Waals surface area contributed by atoms with Gasteiger partial charge in [-0.3, -0.25) is 4.79 Å². The van der Waals surface area contributed by atoms with E-state index in [0.29, 0.717) is 34.7 Å². The summed E-state index contributed by atoms with van der Waals surface area (Å²) in [5.41, 5.74) is 2.31. The molecule has 5 rings (SSSR count). The Hall–Kier alpha value is -0.630. The maximum atomic E-state index is 12.1. The number of allylic oxidation sites excluding steroid dienone is 1. The van der Waals surface area contributed by atoms with Gasteiger partial charge in [-0.15, -0.1) is 0 Å². The normalized spacial score (nSPS) is 48.5. The Bertz CT molecular complexity index is 752. The van der Waals surface area contributed by atoms with Gasteiger partial charge in [0.25, 0.3) is 0 Å². The third-order valence-electron chi connectivity index (χ3n) is 11.5. The average molecular weight is 427 g/mol. The van der Waals surface area contributed by atoms with E-state index in [1.807, 2.05) is 0 Å². The van der Waals surface area contributed by atoms with Crippen molar-refractivity contribution in [3.63, 3.8) is 0 Å². The Morgan fingerprint density at radius 2 is 1.77 bits per heavy atom. The van der Waals surface area contributed by atoms with Crippen molar-refractivity contribution >= 4 is 5.78 Å². The molecule has 1 aliphatic heterocycles. The number of ketones is 1. The molecule has 0 N–H and O–H groups in total. The van der Waals surface area contributed by atoms with Crippen LogP contribution in [0.15, 0.2) is 11.6 Å². The first kappa shape index (κ1) is 22.2. The fourth-order valence-electron chi connectivity index (χ4n) is 9.68. The summed E-state index contributed by atoms with van der Waals surface area (Å²) in [4.78, 5) is 12.1. The zero-order valence-electron chi connectivity index (χ0n) is 21.0. The van der Waals surface area contributed by atoms with E-state index in [4.69, 9.17) is 4.74 Å². The molecule has 0 radical (unpaired) electrons. The van der Waals surface area contributed by atoms with Crippen LogP contribution in [0.3, 0.4) is 0 Å². The predicted octanol–water partition coefficient (Wildman–Crippen LogP) is 7.22. The summed E-state index contributed by atoms with van der Waals surface area (Å²) < 4.78 is 6.39. The van der Waals surface area contributed by atoms with Crippen LogP contribution in [0.4, 0.5) is 0 Å². The number of carbonyl (C=O) groups is 1. The summed E-state index contributed by atoms with van der Waals surface area (Å²) in [6.45, 7) is 14.8. The van der Waals surface area contributed by atoms with Crippen molar-refractivity contribution in [1.29, 1.82) is 0 Å². The minimum Gasteiger partial charge on any atom is -0.369 e. The van der Waals surface area contributed by atoms with Gasteiger partial charge in [-0.2, -0.15) is 0 Å².